The number of benzene rings is 1. The lowest BCUT2D eigenvalue weighted by Gasteiger charge is -2.25. The number of rotatable bonds is 7. The molecule has 0 spiro atoms. The summed E-state index contributed by atoms with van der Waals surface area (Å²) in [6, 6.07) is 7.93. The highest BCUT2D eigenvalue weighted by Crippen LogP contribution is 2.21. The molecule has 1 rings (SSSR count). The predicted octanol–water partition coefficient (Wildman–Crippen LogP) is 3.58. The molecule has 1 aromatic carbocycles. The van der Waals surface area contributed by atoms with E-state index in [9.17, 15) is 0 Å². The van der Waals surface area contributed by atoms with E-state index in [0.717, 1.165) is 18.7 Å². The number of hydrogen-bond donors (Lipinski definition) is 1. The van der Waals surface area contributed by atoms with E-state index in [-0.39, 0.29) is 0 Å². The molecule has 3 heteroatoms. The van der Waals surface area contributed by atoms with E-state index >= 15 is 0 Å². The molecule has 0 aromatic heterocycles. The summed E-state index contributed by atoms with van der Waals surface area (Å²) in [6.07, 6.45) is 0. The molecule has 0 fully saturated rings. The Morgan fingerprint density at radius 1 is 1.20 bits per heavy atom. The number of nitriles is 1. The maximum absolute atomic E-state index is 9.08. The van der Waals surface area contributed by atoms with Crippen molar-refractivity contribution in [1.29, 1.82) is 5.26 Å². The molecular formula is C17H26N2O. The van der Waals surface area contributed by atoms with Gasteiger partial charge in [0.05, 0.1) is 12.7 Å². The van der Waals surface area contributed by atoms with Crippen molar-refractivity contribution >= 4 is 0 Å². The average Bonchev–Trinajstić information content (AvgIpc) is 2.42. The normalized spacial score (nSPS) is 11.2. The van der Waals surface area contributed by atoms with Crippen molar-refractivity contribution in [3.63, 3.8) is 0 Å². The number of ether oxygens (including phenoxy) is 1. The van der Waals surface area contributed by atoms with Gasteiger partial charge in [-0.2, -0.15) is 5.26 Å². The smallest absolute Gasteiger partial charge is 0.136 e. The second kappa shape index (κ2) is 7.91. The average molecular weight is 274 g/mol. The number of hydrogen-bond acceptors (Lipinski definition) is 3. The molecule has 0 heterocycles. The number of methoxy groups -OCH3 is 1. The van der Waals surface area contributed by atoms with Crippen molar-refractivity contribution in [1.82, 2.24) is 5.32 Å². The van der Waals surface area contributed by atoms with Crippen LogP contribution in [0.4, 0.5) is 0 Å². The molecule has 0 saturated heterocycles. The van der Waals surface area contributed by atoms with Crippen LogP contribution >= 0.6 is 0 Å². The highest BCUT2D eigenvalue weighted by atomic mass is 16.5. The van der Waals surface area contributed by atoms with Crippen LogP contribution in [0.3, 0.4) is 0 Å². The molecule has 0 unspecified atom stereocenters. The first kappa shape index (κ1) is 16.5. The molecule has 3 nitrogen and oxygen atoms in total. The van der Waals surface area contributed by atoms with Gasteiger partial charge >= 0.3 is 0 Å². The maximum Gasteiger partial charge on any atom is 0.136 e. The molecule has 0 saturated carbocycles. The molecule has 0 radical (unpaired) electrons. The largest absolute Gasteiger partial charge is 0.495 e. The minimum Gasteiger partial charge on any atom is -0.495 e. The predicted molar refractivity (Wildman–Crippen MR) is 82.6 cm³/mol. The SMILES string of the molecule is COc1ccc(CNCC(C(C)C)C(C)C)cc1C#N. The van der Waals surface area contributed by atoms with Gasteiger partial charge in [-0.15, -0.1) is 0 Å². The third-order valence-corrected chi connectivity index (χ3v) is 3.81. The number of nitrogens with one attached hydrogen (secondary N) is 1. The van der Waals surface area contributed by atoms with Crippen molar-refractivity contribution < 1.29 is 4.74 Å². The van der Waals surface area contributed by atoms with E-state index in [2.05, 4.69) is 39.1 Å². The van der Waals surface area contributed by atoms with Crippen LogP contribution in [-0.2, 0) is 6.54 Å². The minimum absolute atomic E-state index is 0.594. The second-order valence-corrected chi connectivity index (χ2v) is 5.93. The van der Waals surface area contributed by atoms with E-state index < -0.39 is 0 Å². The zero-order valence-electron chi connectivity index (χ0n) is 13.2. The zero-order chi connectivity index (χ0) is 15.1. The van der Waals surface area contributed by atoms with Gasteiger partial charge < -0.3 is 10.1 Å². The lowest BCUT2D eigenvalue weighted by atomic mass is 9.85. The third-order valence-electron chi connectivity index (χ3n) is 3.81. The van der Waals surface area contributed by atoms with Crippen molar-refractivity contribution in [3.05, 3.63) is 29.3 Å². The fourth-order valence-corrected chi connectivity index (χ4v) is 2.58. The molecule has 1 N–H and O–H groups in total. The van der Waals surface area contributed by atoms with E-state index in [4.69, 9.17) is 10.00 Å². The van der Waals surface area contributed by atoms with Gasteiger partial charge in [0, 0.05) is 6.54 Å². The van der Waals surface area contributed by atoms with Gasteiger partial charge in [-0.1, -0.05) is 33.8 Å². The summed E-state index contributed by atoms with van der Waals surface area (Å²) in [5.41, 5.74) is 1.71. The molecule has 1 aromatic rings. The van der Waals surface area contributed by atoms with Crippen molar-refractivity contribution in [3.8, 4) is 11.8 Å². The molecule has 0 aliphatic rings. The van der Waals surface area contributed by atoms with E-state index in [1.54, 1.807) is 7.11 Å². The quantitative estimate of drug-likeness (QED) is 0.826. The zero-order valence-corrected chi connectivity index (χ0v) is 13.2. The van der Waals surface area contributed by atoms with Gasteiger partial charge in [-0.3, -0.25) is 0 Å². The van der Waals surface area contributed by atoms with Gasteiger partial charge in [0.25, 0.3) is 0 Å². The Kier molecular flexibility index (Phi) is 6.54. The van der Waals surface area contributed by atoms with Crippen molar-refractivity contribution in [2.75, 3.05) is 13.7 Å². The lowest BCUT2D eigenvalue weighted by Crippen LogP contribution is -2.29. The Bertz CT molecular complexity index is 453. The molecule has 0 aliphatic heterocycles. The topological polar surface area (TPSA) is 45.0 Å². The van der Waals surface area contributed by atoms with Crippen LogP contribution in [-0.4, -0.2) is 13.7 Å². The first-order valence-corrected chi connectivity index (χ1v) is 7.27. The molecular weight excluding hydrogens is 248 g/mol. The lowest BCUT2D eigenvalue weighted by molar-refractivity contribution is 0.275. The first-order valence-electron chi connectivity index (χ1n) is 7.27. The molecule has 0 atom stereocenters. The van der Waals surface area contributed by atoms with E-state index in [0.29, 0.717) is 29.1 Å². The van der Waals surface area contributed by atoms with Gasteiger partial charge in [0.2, 0.25) is 0 Å². The standard InChI is InChI=1S/C17H26N2O/c1-12(2)16(13(3)4)11-19-10-14-6-7-17(20-5)15(8-14)9-18/h6-8,12-13,16,19H,10-11H2,1-5H3. The Morgan fingerprint density at radius 3 is 2.35 bits per heavy atom. The summed E-state index contributed by atoms with van der Waals surface area (Å²) in [6.45, 7) is 10.9. The Hall–Kier alpha value is -1.53. The summed E-state index contributed by atoms with van der Waals surface area (Å²) in [4.78, 5) is 0. The monoisotopic (exact) mass is 274 g/mol. The highest BCUT2D eigenvalue weighted by molar-refractivity contribution is 5.45. The van der Waals surface area contributed by atoms with E-state index in [1.807, 2.05) is 18.2 Å². The van der Waals surface area contributed by atoms with Gasteiger partial charge in [-0.05, 0) is 42.0 Å². The first-order chi connectivity index (χ1) is 9.49. The summed E-state index contributed by atoms with van der Waals surface area (Å²) in [5, 5.41) is 12.6. The van der Waals surface area contributed by atoms with Crippen LogP contribution in [0.25, 0.3) is 0 Å². The Morgan fingerprint density at radius 2 is 1.85 bits per heavy atom. The van der Waals surface area contributed by atoms with Gasteiger partial charge in [0.15, 0.2) is 0 Å². The summed E-state index contributed by atoms with van der Waals surface area (Å²) in [7, 11) is 1.59. The van der Waals surface area contributed by atoms with Crippen molar-refractivity contribution in [2.24, 2.45) is 17.8 Å². The van der Waals surface area contributed by atoms with Gasteiger partial charge in [0.1, 0.15) is 11.8 Å². The maximum atomic E-state index is 9.08. The van der Waals surface area contributed by atoms with Crippen LogP contribution in [0.2, 0.25) is 0 Å². The number of nitrogens with zero attached hydrogens (tertiary/aromatic N) is 1. The van der Waals surface area contributed by atoms with Crippen LogP contribution in [0.15, 0.2) is 18.2 Å². The van der Waals surface area contributed by atoms with E-state index in [1.165, 1.54) is 0 Å². The third kappa shape index (κ3) is 4.54. The van der Waals surface area contributed by atoms with Crippen LogP contribution < -0.4 is 10.1 Å². The summed E-state index contributed by atoms with van der Waals surface area (Å²) in [5.74, 6) is 2.66. The molecule has 0 amide bonds. The Balaban J connectivity index is 2.60. The highest BCUT2D eigenvalue weighted by Gasteiger charge is 2.16. The van der Waals surface area contributed by atoms with Crippen LogP contribution in [0.1, 0.15) is 38.8 Å². The van der Waals surface area contributed by atoms with Crippen LogP contribution in [0, 0.1) is 29.1 Å². The fourth-order valence-electron chi connectivity index (χ4n) is 2.58. The molecule has 0 aliphatic carbocycles. The summed E-state index contributed by atoms with van der Waals surface area (Å²) < 4.78 is 5.15. The molecule has 20 heavy (non-hydrogen) atoms. The fraction of sp³-hybridized carbons (Fsp3) is 0.588. The molecule has 110 valence electrons. The molecule has 0 bridgehead atoms. The van der Waals surface area contributed by atoms with Crippen molar-refractivity contribution in [2.45, 2.75) is 34.2 Å². The second-order valence-electron chi connectivity index (χ2n) is 5.93. The van der Waals surface area contributed by atoms with Crippen LogP contribution in [0.5, 0.6) is 5.75 Å². The van der Waals surface area contributed by atoms with Gasteiger partial charge in [-0.25, -0.2) is 0 Å². The minimum atomic E-state index is 0.594. The Labute approximate surface area is 123 Å². The summed E-state index contributed by atoms with van der Waals surface area (Å²) >= 11 is 0.